The highest BCUT2D eigenvalue weighted by Gasteiger charge is 2.19. The molecule has 0 saturated heterocycles. The number of amides is 1. The molecule has 0 spiro atoms. The number of methoxy groups -OCH3 is 1. The number of benzene rings is 2. The fourth-order valence-electron chi connectivity index (χ4n) is 2.44. The van der Waals surface area contributed by atoms with Crippen molar-refractivity contribution in [3.63, 3.8) is 0 Å². The lowest BCUT2D eigenvalue weighted by molar-refractivity contribution is -0.137. The van der Waals surface area contributed by atoms with Crippen LogP contribution in [0.15, 0.2) is 36.4 Å². The molecular weight excluding hydrogens is 270 g/mol. The predicted molar refractivity (Wildman–Crippen MR) is 79.3 cm³/mol. The average Bonchev–Trinajstić information content (AvgIpc) is 2.44. The van der Waals surface area contributed by atoms with Gasteiger partial charge in [-0.15, -0.1) is 0 Å². The zero-order valence-electron chi connectivity index (χ0n) is 11.9. The monoisotopic (exact) mass is 287 g/mol. The van der Waals surface area contributed by atoms with Crippen molar-refractivity contribution in [2.75, 3.05) is 7.11 Å². The SMILES string of the molecule is COc1ccc(C(CC(=O)O)NC(C)=O)c2ccccc12. The summed E-state index contributed by atoms with van der Waals surface area (Å²) in [6, 6.07) is 10.6. The number of hydrogen-bond acceptors (Lipinski definition) is 3. The Morgan fingerprint density at radius 2 is 1.86 bits per heavy atom. The van der Waals surface area contributed by atoms with E-state index in [-0.39, 0.29) is 12.3 Å². The maximum atomic E-state index is 11.3. The summed E-state index contributed by atoms with van der Waals surface area (Å²) in [7, 11) is 1.59. The van der Waals surface area contributed by atoms with Crippen LogP contribution in [0.3, 0.4) is 0 Å². The molecule has 2 N–H and O–H groups in total. The Kier molecular flexibility index (Phi) is 4.42. The molecule has 0 heterocycles. The Labute approximate surface area is 122 Å². The van der Waals surface area contributed by atoms with Crippen LogP contribution in [0.4, 0.5) is 0 Å². The van der Waals surface area contributed by atoms with E-state index in [0.29, 0.717) is 5.75 Å². The smallest absolute Gasteiger partial charge is 0.305 e. The number of fused-ring (bicyclic) bond motifs is 1. The first kappa shape index (κ1) is 14.8. The molecule has 0 aliphatic rings. The van der Waals surface area contributed by atoms with Gasteiger partial charge in [0, 0.05) is 12.3 Å². The number of carboxylic acid groups (broad SMARTS) is 1. The zero-order valence-corrected chi connectivity index (χ0v) is 11.9. The van der Waals surface area contributed by atoms with Crippen molar-refractivity contribution in [1.82, 2.24) is 5.32 Å². The maximum Gasteiger partial charge on any atom is 0.305 e. The van der Waals surface area contributed by atoms with Crippen LogP contribution in [0, 0.1) is 0 Å². The van der Waals surface area contributed by atoms with Gasteiger partial charge in [0.25, 0.3) is 0 Å². The Morgan fingerprint density at radius 1 is 1.19 bits per heavy atom. The largest absolute Gasteiger partial charge is 0.496 e. The molecule has 0 aliphatic carbocycles. The molecule has 2 rings (SSSR count). The lowest BCUT2D eigenvalue weighted by atomic mass is 9.96. The minimum Gasteiger partial charge on any atom is -0.496 e. The number of rotatable bonds is 5. The van der Waals surface area contributed by atoms with Crippen molar-refractivity contribution in [1.29, 1.82) is 0 Å². The van der Waals surface area contributed by atoms with Crippen molar-refractivity contribution >= 4 is 22.6 Å². The quantitative estimate of drug-likeness (QED) is 0.886. The van der Waals surface area contributed by atoms with Gasteiger partial charge in [0.2, 0.25) is 5.91 Å². The summed E-state index contributed by atoms with van der Waals surface area (Å²) in [5, 5.41) is 13.5. The molecule has 0 aromatic heterocycles. The van der Waals surface area contributed by atoms with Crippen molar-refractivity contribution in [2.45, 2.75) is 19.4 Å². The van der Waals surface area contributed by atoms with Crippen molar-refractivity contribution in [3.05, 3.63) is 42.0 Å². The second-order valence-electron chi connectivity index (χ2n) is 4.75. The highest BCUT2D eigenvalue weighted by molar-refractivity contribution is 5.92. The summed E-state index contributed by atoms with van der Waals surface area (Å²) >= 11 is 0. The normalized spacial score (nSPS) is 11.9. The van der Waals surface area contributed by atoms with Crippen LogP contribution in [0.5, 0.6) is 5.75 Å². The predicted octanol–water partition coefficient (Wildman–Crippen LogP) is 2.50. The van der Waals surface area contributed by atoms with Crippen molar-refractivity contribution in [3.8, 4) is 5.75 Å². The highest BCUT2D eigenvalue weighted by atomic mass is 16.5. The third kappa shape index (κ3) is 3.31. The lowest BCUT2D eigenvalue weighted by Crippen LogP contribution is -2.28. The fourth-order valence-corrected chi connectivity index (χ4v) is 2.44. The first-order valence-corrected chi connectivity index (χ1v) is 6.57. The standard InChI is InChI=1S/C16H17NO4/c1-10(18)17-14(9-16(19)20)12-7-8-15(21-2)13-6-4-3-5-11(12)13/h3-8,14H,9H2,1-2H3,(H,17,18)(H,19,20). The molecule has 21 heavy (non-hydrogen) atoms. The Morgan fingerprint density at radius 3 is 2.43 bits per heavy atom. The van der Waals surface area contributed by atoms with Gasteiger partial charge in [-0.3, -0.25) is 9.59 Å². The molecule has 1 atom stereocenters. The zero-order chi connectivity index (χ0) is 15.4. The van der Waals surface area contributed by atoms with E-state index < -0.39 is 12.0 Å². The van der Waals surface area contributed by atoms with Gasteiger partial charge in [0.15, 0.2) is 0 Å². The van der Waals surface area contributed by atoms with Gasteiger partial charge >= 0.3 is 5.97 Å². The molecule has 2 aromatic rings. The number of nitrogens with one attached hydrogen (secondary N) is 1. The number of carbonyl (C=O) groups excluding carboxylic acids is 1. The van der Waals surface area contributed by atoms with Crippen LogP contribution in [0.25, 0.3) is 10.8 Å². The van der Waals surface area contributed by atoms with E-state index >= 15 is 0 Å². The molecule has 0 fully saturated rings. The Balaban J connectivity index is 2.57. The molecule has 0 radical (unpaired) electrons. The van der Waals surface area contributed by atoms with E-state index in [2.05, 4.69) is 5.32 Å². The average molecular weight is 287 g/mol. The number of carbonyl (C=O) groups is 2. The summed E-state index contributed by atoms with van der Waals surface area (Å²) in [6.45, 7) is 1.38. The van der Waals surface area contributed by atoms with E-state index in [9.17, 15) is 9.59 Å². The first-order chi connectivity index (χ1) is 10.0. The molecular formula is C16H17NO4. The van der Waals surface area contributed by atoms with Gasteiger partial charge in [-0.2, -0.15) is 0 Å². The van der Waals surface area contributed by atoms with Crippen LogP contribution in [-0.4, -0.2) is 24.1 Å². The van der Waals surface area contributed by atoms with Crippen LogP contribution >= 0.6 is 0 Å². The van der Waals surface area contributed by atoms with Crippen LogP contribution in [-0.2, 0) is 9.59 Å². The minimum absolute atomic E-state index is 0.171. The van der Waals surface area contributed by atoms with Crippen LogP contribution in [0.2, 0.25) is 0 Å². The van der Waals surface area contributed by atoms with Crippen LogP contribution < -0.4 is 10.1 Å². The summed E-state index contributed by atoms with van der Waals surface area (Å²) in [4.78, 5) is 22.4. The first-order valence-electron chi connectivity index (χ1n) is 6.57. The molecule has 1 amide bonds. The van der Waals surface area contributed by atoms with E-state index in [4.69, 9.17) is 9.84 Å². The summed E-state index contributed by atoms with van der Waals surface area (Å²) in [6.07, 6.45) is -0.171. The van der Waals surface area contributed by atoms with Gasteiger partial charge in [-0.25, -0.2) is 0 Å². The van der Waals surface area contributed by atoms with E-state index in [1.807, 2.05) is 24.3 Å². The molecule has 0 aliphatic heterocycles. The highest BCUT2D eigenvalue weighted by Crippen LogP contribution is 2.32. The molecule has 5 heteroatoms. The van der Waals surface area contributed by atoms with E-state index in [0.717, 1.165) is 16.3 Å². The summed E-state index contributed by atoms with van der Waals surface area (Å²) in [5.41, 5.74) is 0.768. The van der Waals surface area contributed by atoms with Crippen molar-refractivity contribution < 1.29 is 19.4 Å². The molecule has 1 unspecified atom stereocenters. The van der Waals surface area contributed by atoms with E-state index in [1.54, 1.807) is 19.2 Å². The summed E-state index contributed by atoms with van der Waals surface area (Å²) < 4.78 is 5.32. The van der Waals surface area contributed by atoms with Gasteiger partial charge in [0.1, 0.15) is 5.75 Å². The Bertz CT molecular complexity index is 665. The van der Waals surface area contributed by atoms with E-state index in [1.165, 1.54) is 6.92 Å². The van der Waals surface area contributed by atoms with Crippen molar-refractivity contribution in [2.24, 2.45) is 0 Å². The molecule has 5 nitrogen and oxygen atoms in total. The third-order valence-corrected chi connectivity index (χ3v) is 3.27. The summed E-state index contributed by atoms with van der Waals surface area (Å²) in [5.74, 6) is -0.513. The molecule has 0 bridgehead atoms. The number of ether oxygens (including phenoxy) is 1. The Hall–Kier alpha value is -2.56. The number of aliphatic carboxylic acids is 1. The second-order valence-corrected chi connectivity index (χ2v) is 4.75. The van der Waals surface area contributed by atoms with Gasteiger partial charge < -0.3 is 15.2 Å². The van der Waals surface area contributed by atoms with Gasteiger partial charge in [-0.1, -0.05) is 30.3 Å². The molecule has 110 valence electrons. The van der Waals surface area contributed by atoms with Gasteiger partial charge in [-0.05, 0) is 17.0 Å². The van der Waals surface area contributed by atoms with Crippen LogP contribution in [0.1, 0.15) is 24.9 Å². The number of carboxylic acids is 1. The fraction of sp³-hybridized carbons (Fsp3) is 0.250. The number of hydrogen-bond donors (Lipinski definition) is 2. The minimum atomic E-state index is -0.964. The maximum absolute atomic E-state index is 11.3. The van der Waals surface area contributed by atoms with Gasteiger partial charge in [0.05, 0.1) is 19.6 Å². The molecule has 2 aromatic carbocycles. The third-order valence-electron chi connectivity index (χ3n) is 3.27. The lowest BCUT2D eigenvalue weighted by Gasteiger charge is -2.19. The second kappa shape index (κ2) is 6.26. The topological polar surface area (TPSA) is 75.6 Å². The molecule has 0 saturated carbocycles.